The molecule has 5 heterocycles. The number of ether oxygens (including phenoxy) is 2. The van der Waals surface area contributed by atoms with Crippen molar-refractivity contribution in [3.63, 3.8) is 0 Å². The number of aromatic nitrogens is 4. The summed E-state index contributed by atoms with van der Waals surface area (Å²) >= 11 is 0. The molecule has 0 aliphatic carbocycles. The van der Waals surface area contributed by atoms with E-state index in [1.54, 1.807) is 12.1 Å². The fourth-order valence-corrected chi connectivity index (χ4v) is 5.45. The lowest BCUT2D eigenvalue weighted by atomic mass is 10.0. The standard InChI is InChI=1S/C29H31F2N9O4/c30-22-10-20(12-33-28(22)39-7-5-38(6-8-39)21-15-43-16-21)36-29-35-17-34-27(37-29)18-1-2-24(19(9-18)11-32)44-25-3-4-40(13-23(25)31)26(42)14-41/h1-2,9-10,12,17,21,23,25,41H,3-8,13-16H2,(H,34,35,36,37). The lowest BCUT2D eigenvalue weighted by Gasteiger charge is -2.42. The van der Waals surface area contributed by atoms with Gasteiger partial charge in [-0.2, -0.15) is 10.2 Å². The molecule has 44 heavy (non-hydrogen) atoms. The number of anilines is 3. The minimum Gasteiger partial charge on any atom is -0.486 e. The molecule has 3 aliphatic rings. The topological polar surface area (TPSA) is 153 Å². The number of carbonyl (C=O) groups excluding carboxylic acids is 1. The second kappa shape index (κ2) is 13.0. The number of pyridine rings is 1. The summed E-state index contributed by atoms with van der Waals surface area (Å²) in [6.45, 7) is 3.88. The summed E-state index contributed by atoms with van der Waals surface area (Å²) in [6.07, 6.45) is 0.702. The molecular formula is C29H31F2N9O4. The third-order valence-electron chi connectivity index (χ3n) is 8.01. The third-order valence-corrected chi connectivity index (χ3v) is 8.01. The lowest BCUT2D eigenvalue weighted by molar-refractivity contribution is -0.138. The Bertz CT molecular complexity index is 1550. The van der Waals surface area contributed by atoms with E-state index in [2.05, 4.69) is 36.2 Å². The molecule has 2 aromatic heterocycles. The van der Waals surface area contributed by atoms with E-state index >= 15 is 4.39 Å². The summed E-state index contributed by atoms with van der Waals surface area (Å²) < 4.78 is 40.9. The fourth-order valence-electron chi connectivity index (χ4n) is 5.45. The van der Waals surface area contributed by atoms with Gasteiger partial charge in [0.1, 0.15) is 30.9 Å². The van der Waals surface area contributed by atoms with Crippen molar-refractivity contribution in [1.29, 1.82) is 5.26 Å². The zero-order valence-corrected chi connectivity index (χ0v) is 23.8. The molecule has 3 aromatic rings. The Morgan fingerprint density at radius 2 is 1.98 bits per heavy atom. The van der Waals surface area contributed by atoms with E-state index in [0.29, 0.717) is 36.2 Å². The maximum absolute atomic E-state index is 15.1. The van der Waals surface area contributed by atoms with E-state index in [4.69, 9.17) is 14.6 Å². The predicted octanol–water partition coefficient (Wildman–Crippen LogP) is 1.52. The number of likely N-dealkylation sites (tertiary alicyclic amines) is 1. The zero-order valence-electron chi connectivity index (χ0n) is 23.8. The van der Waals surface area contributed by atoms with Crippen LogP contribution in [0.15, 0.2) is 36.8 Å². The maximum atomic E-state index is 15.1. The van der Waals surface area contributed by atoms with Gasteiger partial charge < -0.3 is 29.7 Å². The van der Waals surface area contributed by atoms with Crippen LogP contribution in [-0.2, 0) is 9.53 Å². The summed E-state index contributed by atoms with van der Waals surface area (Å²) in [6, 6.07) is 8.57. The normalized spacial score (nSPS) is 21.0. The van der Waals surface area contributed by atoms with Crippen molar-refractivity contribution < 1.29 is 28.2 Å². The van der Waals surface area contributed by atoms with E-state index < -0.39 is 30.6 Å². The minimum atomic E-state index is -1.48. The van der Waals surface area contributed by atoms with Crippen molar-refractivity contribution in [2.75, 3.05) is 69.3 Å². The largest absolute Gasteiger partial charge is 0.486 e. The first kappa shape index (κ1) is 29.5. The number of alkyl halides is 1. The quantitative estimate of drug-likeness (QED) is 0.382. The summed E-state index contributed by atoms with van der Waals surface area (Å²) in [4.78, 5) is 34.3. The van der Waals surface area contributed by atoms with Crippen molar-refractivity contribution in [2.24, 2.45) is 0 Å². The van der Waals surface area contributed by atoms with E-state index in [1.165, 1.54) is 29.6 Å². The van der Waals surface area contributed by atoms with Gasteiger partial charge in [-0.25, -0.2) is 23.7 Å². The van der Waals surface area contributed by atoms with Crippen LogP contribution in [-0.4, -0.2) is 118 Å². The zero-order chi connectivity index (χ0) is 30.6. The monoisotopic (exact) mass is 607 g/mol. The smallest absolute Gasteiger partial charge is 0.248 e. The number of benzene rings is 1. The van der Waals surface area contributed by atoms with Crippen LogP contribution >= 0.6 is 0 Å². The number of carbonyl (C=O) groups is 1. The van der Waals surface area contributed by atoms with Gasteiger partial charge in [0.05, 0.1) is 43.2 Å². The maximum Gasteiger partial charge on any atom is 0.248 e. The Morgan fingerprint density at radius 3 is 2.66 bits per heavy atom. The molecule has 0 bridgehead atoms. The summed E-state index contributed by atoms with van der Waals surface area (Å²) in [5.74, 6) is -0.0973. The van der Waals surface area contributed by atoms with Crippen LogP contribution in [0.5, 0.6) is 5.75 Å². The first-order valence-corrected chi connectivity index (χ1v) is 14.3. The SMILES string of the molecule is N#Cc1cc(-c2ncnc(Nc3cnc(N4CCN(C5COC5)CC4)c(F)c3)n2)ccc1OC1CCN(C(=O)CO)CC1F. The van der Waals surface area contributed by atoms with Gasteiger partial charge in [-0.1, -0.05) is 0 Å². The Hall–Kier alpha value is -4.52. The molecule has 6 rings (SSSR count). The Balaban J connectivity index is 1.10. The van der Waals surface area contributed by atoms with E-state index in [-0.39, 0.29) is 42.6 Å². The van der Waals surface area contributed by atoms with Gasteiger partial charge in [0.2, 0.25) is 11.9 Å². The number of piperidine rings is 1. The Labute approximate surface area is 252 Å². The molecule has 13 nitrogen and oxygen atoms in total. The molecule has 2 atom stereocenters. The van der Waals surface area contributed by atoms with Crippen molar-refractivity contribution in [3.8, 4) is 23.2 Å². The molecule has 1 aromatic carbocycles. The number of rotatable bonds is 8. The molecule has 3 fully saturated rings. The van der Waals surface area contributed by atoms with Crippen LogP contribution < -0.4 is 15.0 Å². The summed E-state index contributed by atoms with van der Waals surface area (Å²) in [5.41, 5.74) is 1.01. The number of hydrogen-bond donors (Lipinski definition) is 2. The number of nitriles is 1. The second-order valence-corrected chi connectivity index (χ2v) is 10.8. The van der Waals surface area contributed by atoms with Crippen LogP contribution in [0.4, 0.5) is 26.2 Å². The first-order chi connectivity index (χ1) is 21.4. The number of nitrogens with zero attached hydrogens (tertiary/aromatic N) is 8. The van der Waals surface area contributed by atoms with E-state index in [1.807, 2.05) is 4.90 Å². The average Bonchev–Trinajstić information content (AvgIpc) is 3.01. The summed E-state index contributed by atoms with van der Waals surface area (Å²) in [7, 11) is 0. The van der Waals surface area contributed by atoms with Gasteiger partial charge >= 0.3 is 0 Å². The molecule has 0 radical (unpaired) electrons. The van der Waals surface area contributed by atoms with Crippen molar-refractivity contribution in [3.05, 3.63) is 48.2 Å². The third kappa shape index (κ3) is 6.37. The Kier molecular flexibility index (Phi) is 8.73. The van der Waals surface area contributed by atoms with Gasteiger partial charge in [-0.05, 0) is 18.2 Å². The van der Waals surface area contributed by atoms with Gasteiger partial charge in [-0.3, -0.25) is 9.69 Å². The van der Waals surface area contributed by atoms with Gasteiger partial charge in [0.25, 0.3) is 0 Å². The van der Waals surface area contributed by atoms with Crippen LogP contribution in [0, 0.1) is 17.1 Å². The van der Waals surface area contributed by atoms with Crippen LogP contribution in [0.1, 0.15) is 12.0 Å². The highest BCUT2D eigenvalue weighted by Crippen LogP contribution is 2.29. The predicted molar refractivity (Wildman–Crippen MR) is 153 cm³/mol. The molecular weight excluding hydrogens is 576 g/mol. The first-order valence-electron chi connectivity index (χ1n) is 14.3. The molecule has 3 saturated heterocycles. The Morgan fingerprint density at radius 1 is 1.16 bits per heavy atom. The molecule has 2 unspecified atom stereocenters. The second-order valence-electron chi connectivity index (χ2n) is 10.8. The van der Waals surface area contributed by atoms with Gasteiger partial charge in [0.15, 0.2) is 23.6 Å². The highest BCUT2D eigenvalue weighted by molar-refractivity contribution is 5.77. The molecule has 2 N–H and O–H groups in total. The van der Waals surface area contributed by atoms with Crippen LogP contribution in [0.25, 0.3) is 11.4 Å². The van der Waals surface area contributed by atoms with Crippen LogP contribution in [0.2, 0.25) is 0 Å². The summed E-state index contributed by atoms with van der Waals surface area (Å²) in [5, 5.41) is 21.7. The number of nitrogens with one attached hydrogen (secondary N) is 1. The number of hydrogen-bond acceptors (Lipinski definition) is 12. The van der Waals surface area contributed by atoms with Crippen molar-refractivity contribution in [2.45, 2.75) is 24.7 Å². The highest BCUT2D eigenvalue weighted by atomic mass is 19.1. The minimum absolute atomic E-state index is 0.155. The molecule has 0 spiro atoms. The van der Waals surface area contributed by atoms with Crippen molar-refractivity contribution in [1.82, 2.24) is 29.7 Å². The molecule has 3 aliphatic heterocycles. The average molecular weight is 608 g/mol. The number of piperazine rings is 1. The molecule has 1 amide bonds. The van der Waals surface area contributed by atoms with Crippen LogP contribution in [0.3, 0.4) is 0 Å². The molecule has 15 heteroatoms. The van der Waals surface area contributed by atoms with Gasteiger partial charge in [0, 0.05) is 50.8 Å². The highest BCUT2D eigenvalue weighted by Gasteiger charge is 2.33. The number of amides is 1. The van der Waals surface area contributed by atoms with Gasteiger partial charge in [-0.15, -0.1) is 0 Å². The number of aliphatic hydroxyl groups is 1. The molecule has 230 valence electrons. The lowest BCUT2D eigenvalue weighted by Crippen LogP contribution is -2.56. The number of aliphatic hydroxyl groups excluding tert-OH is 1. The van der Waals surface area contributed by atoms with Crippen molar-refractivity contribution >= 4 is 23.4 Å². The van der Waals surface area contributed by atoms with E-state index in [9.17, 15) is 14.4 Å². The van der Waals surface area contributed by atoms with E-state index in [0.717, 1.165) is 26.3 Å². The molecule has 0 saturated carbocycles. The fraction of sp³-hybridized carbons (Fsp3) is 0.448. The number of halogens is 2.